The predicted octanol–water partition coefficient (Wildman–Crippen LogP) is 1.74. The van der Waals surface area contributed by atoms with Crippen molar-refractivity contribution in [2.45, 2.75) is 31.7 Å². The van der Waals surface area contributed by atoms with Crippen LogP contribution in [0.2, 0.25) is 0 Å². The maximum absolute atomic E-state index is 12.7. The maximum atomic E-state index is 12.7. The second-order valence-corrected chi connectivity index (χ2v) is 6.93. The number of rotatable bonds is 5. The highest BCUT2D eigenvalue weighted by atomic mass is 35.5. The molecule has 27 heavy (non-hydrogen) atoms. The number of halogens is 1. The van der Waals surface area contributed by atoms with Gasteiger partial charge in [-0.25, -0.2) is 0 Å². The molecule has 2 amide bonds. The summed E-state index contributed by atoms with van der Waals surface area (Å²) in [5.41, 5.74) is -0.0439. The fourth-order valence-electron chi connectivity index (χ4n) is 3.68. The number of benzene rings is 1. The van der Waals surface area contributed by atoms with E-state index in [1.54, 1.807) is 17.0 Å². The number of hydrogen-bond donors (Lipinski definition) is 2. The zero-order chi connectivity index (χ0) is 18.5. The number of nitrogens with one attached hydrogen (secondary N) is 2. The summed E-state index contributed by atoms with van der Waals surface area (Å²) >= 11 is 0. The van der Waals surface area contributed by atoms with E-state index in [2.05, 4.69) is 10.6 Å². The van der Waals surface area contributed by atoms with Crippen LogP contribution in [-0.2, 0) is 4.79 Å². The lowest BCUT2D eigenvalue weighted by atomic mass is 9.97. The van der Waals surface area contributed by atoms with E-state index < -0.39 is 4.92 Å². The van der Waals surface area contributed by atoms with Gasteiger partial charge in [0, 0.05) is 25.7 Å². The third kappa shape index (κ3) is 5.17. The molecule has 1 aromatic carbocycles. The van der Waals surface area contributed by atoms with E-state index in [1.165, 1.54) is 12.1 Å². The van der Waals surface area contributed by atoms with Crippen LogP contribution in [0.4, 0.5) is 5.69 Å². The van der Waals surface area contributed by atoms with Crippen LogP contribution >= 0.6 is 12.4 Å². The molecule has 2 saturated heterocycles. The zero-order valence-corrected chi connectivity index (χ0v) is 15.9. The van der Waals surface area contributed by atoms with Crippen molar-refractivity contribution < 1.29 is 14.5 Å². The third-order valence-electron chi connectivity index (χ3n) is 5.08. The molecule has 8 nitrogen and oxygen atoms in total. The predicted molar refractivity (Wildman–Crippen MR) is 103 cm³/mol. The van der Waals surface area contributed by atoms with Crippen molar-refractivity contribution >= 4 is 29.9 Å². The van der Waals surface area contributed by atoms with Crippen LogP contribution in [0.5, 0.6) is 0 Å². The number of likely N-dealkylation sites (tertiary alicyclic amines) is 1. The topological polar surface area (TPSA) is 105 Å². The van der Waals surface area contributed by atoms with E-state index in [0.29, 0.717) is 19.6 Å². The lowest BCUT2D eigenvalue weighted by Gasteiger charge is -2.33. The van der Waals surface area contributed by atoms with Gasteiger partial charge in [0.1, 0.15) is 5.56 Å². The summed E-state index contributed by atoms with van der Waals surface area (Å²) in [7, 11) is 0. The first kappa shape index (κ1) is 21.1. The van der Waals surface area contributed by atoms with E-state index in [1.807, 2.05) is 0 Å². The standard InChI is InChI=1S/C18H24N4O4.ClH/c23-17(15-7-3-9-19-15)20-11-13-5-4-10-21(12-13)18(24)14-6-1-2-8-16(14)22(25)26;/h1-2,6,8,13,15,19H,3-5,7,9-12H2,(H,20,23);1H. The number of amides is 2. The van der Waals surface area contributed by atoms with Gasteiger partial charge in [0.2, 0.25) is 5.91 Å². The zero-order valence-electron chi connectivity index (χ0n) is 15.1. The average molecular weight is 397 g/mol. The quantitative estimate of drug-likeness (QED) is 0.582. The number of nitrogens with zero attached hydrogens (tertiary/aromatic N) is 2. The molecule has 0 radical (unpaired) electrons. The second-order valence-electron chi connectivity index (χ2n) is 6.93. The van der Waals surface area contributed by atoms with Gasteiger partial charge in [-0.3, -0.25) is 19.7 Å². The van der Waals surface area contributed by atoms with Gasteiger partial charge in [0.05, 0.1) is 11.0 Å². The number of para-hydroxylation sites is 1. The van der Waals surface area contributed by atoms with Crippen LogP contribution in [-0.4, -0.2) is 53.9 Å². The Labute approximate surface area is 164 Å². The molecule has 2 aliphatic rings. The first-order chi connectivity index (χ1) is 12.6. The Bertz CT molecular complexity index is 694. The molecule has 2 atom stereocenters. The van der Waals surface area contributed by atoms with Crippen molar-refractivity contribution in [3.63, 3.8) is 0 Å². The number of piperidine rings is 1. The van der Waals surface area contributed by atoms with Crippen LogP contribution in [0.15, 0.2) is 24.3 Å². The smallest absolute Gasteiger partial charge is 0.282 e. The summed E-state index contributed by atoms with van der Waals surface area (Å²) < 4.78 is 0. The van der Waals surface area contributed by atoms with Gasteiger partial charge in [-0.1, -0.05) is 12.1 Å². The SMILES string of the molecule is Cl.O=C(NCC1CCCN(C(=O)c2ccccc2[N+](=O)[O-])C1)C1CCCN1. The number of carbonyl (C=O) groups is 2. The molecule has 0 aliphatic carbocycles. The van der Waals surface area contributed by atoms with Gasteiger partial charge < -0.3 is 15.5 Å². The van der Waals surface area contributed by atoms with Gasteiger partial charge >= 0.3 is 0 Å². The van der Waals surface area contributed by atoms with Crippen LogP contribution in [0, 0.1) is 16.0 Å². The fourth-order valence-corrected chi connectivity index (χ4v) is 3.68. The normalized spacial score (nSPS) is 22.0. The number of carbonyl (C=O) groups excluding carboxylic acids is 2. The van der Waals surface area contributed by atoms with Gasteiger partial charge in [-0.15, -0.1) is 12.4 Å². The summed E-state index contributed by atoms with van der Waals surface area (Å²) in [6, 6.07) is 5.93. The highest BCUT2D eigenvalue weighted by Gasteiger charge is 2.29. The summed E-state index contributed by atoms with van der Waals surface area (Å²) in [5, 5.41) is 17.3. The summed E-state index contributed by atoms with van der Waals surface area (Å²) in [6.45, 7) is 2.49. The van der Waals surface area contributed by atoms with E-state index in [4.69, 9.17) is 0 Å². The monoisotopic (exact) mass is 396 g/mol. The molecule has 3 rings (SSSR count). The minimum absolute atomic E-state index is 0. The van der Waals surface area contributed by atoms with Crippen molar-refractivity contribution in [3.05, 3.63) is 39.9 Å². The number of nitro benzene ring substituents is 1. The lowest BCUT2D eigenvalue weighted by Crippen LogP contribution is -2.46. The molecule has 148 valence electrons. The molecule has 9 heteroatoms. The van der Waals surface area contributed by atoms with Gasteiger partial charge in [-0.05, 0) is 44.2 Å². The molecule has 1 aromatic rings. The number of nitro groups is 1. The van der Waals surface area contributed by atoms with Crippen LogP contribution in [0.25, 0.3) is 0 Å². The van der Waals surface area contributed by atoms with Crippen molar-refractivity contribution in [2.75, 3.05) is 26.2 Å². The minimum atomic E-state index is -0.524. The molecule has 2 heterocycles. The average Bonchev–Trinajstić information content (AvgIpc) is 3.20. The van der Waals surface area contributed by atoms with Crippen molar-refractivity contribution in [1.29, 1.82) is 0 Å². The Hall–Kier alpha value is -2.19. The molecule has 2 unspecified atom stereocenters. The van der Waals surface area contributed by atoms with Crippen molar-refractivity contribution in [2.24, 2.45) is 5.92 Å². The first-order valence-corrected chi connectivity index (χ1v) is 9.10. The largest absolute Gasteiger partial charge is 0.354 e. The minimum Gasteiger partial charge on any atom is -0.354 e. The van der Waals surface area contributed by atoms with Gasteiger partial charge in [-0.2, -0.15) is 0 Å². The van der Waals surface area contributed by atoms with E-state index in [9.17, 15) is 19.7 Å². The van der Waals surface area contributed by atoms with Crippen LogP contribution in [0.1, 0.15) is 36.0 Å². The van der Waals surface area contributed by atoms with Gasteiger partial charge in [0.25, 0.3) is 11.6 Å². The maximum Gasteiger partial charge on any atom is 0.282 e. The van der Waals surface area contributed by atoms with Crippen molar-refractivity contribution in [1.82, 2.24) is 15.5 Å². The molecule has 2 N–H and O–H groups in total. The van der Waals surface area contributed by atoms with Gasteiger partial charge in [0.15, 0.2) is 0 Å². The fraction of sp³-hybridized carbons (Fsp3) is 0.556. The van der Waals surface area contributed by atoms with Crippen molar-refractivity contribution in [3.8, 4) is 0 Å². The second kappa shape index (κ2) is 9.66. The van der Waals surface area contributed by atoms with E-state index >= 15 is 0 Å². The highest BCUT2D eigenvalue weighted by Crippen LogP contribution is 2.23. The first-order valence-electron chi connectivity index (χ1n) is 9.10. The summed E-state index contributed by atoms with van der Waals surface area (Å²) in [5.74, 6) is -0.128. The molecular weight excluding hydrogens is 372 g/mol. The molecule has 0 spiro atoms. The molecular formula is C18H25ClN4O4. The Kier molecular flexibility index (Phi) is 7.55. The van der Waals surface area contributed by atoms with Crippen LogP contribution < -0.4 is 10.6 Å². The Balaban J connectivity index is 0.00000261. The third-order valence-corrected chi connectivity index (χ3v) is 5.08. The lowest BCUT2D eigenvalue weighted by molar-refractivity contribution is -0.385. The van der Waals surface area contributed by atoms with E-state index in [-0.39, 0.29) is 47.4 Å². The molecule has 0 aromatic heterocycles. The molecule has 0 bridgehead atoms. The molecule has 2 fully saturated rings. The Morgan fingerprint density at radius 3 is 2.74 bits per heavy atom. The summed E-state index contributed by atoms with van der Waals surface area (Å²) in [4.78, 5) is 37.2. The van der Waals surface area contributed by atoms with Crippen LogP contribution in [0.3, 0.4) is 0 Å². The Morgan fingerprint density at radius 1 is 1.26 bits per heavy atom. The number of hydrogen-bond acceptors (Lipinski definition) is 5. The summed E-state index contributed by atoms with van der Waals surface area (Å²) in [6.07, 6.45) is 3.63. The highest BCUT2D eigenvalue weighted by molar-refractivity contribution is 5.98. The Morgan fingerprint density at radius 2 is 2.04 bits per heavy atom. The molecule has 0 saturated carbocycles. The molecule has 2 aliphatic heterocycles. The van der Waals surface area contributed by atoms with E-state index in [0.717, 1.165) is 32.2 Å².